The van der Waals surface area contributed by atoms with Gasteiger partial charge in [0, 0.05) is 6.07 Å². The van der Waals surface area contributed by atoms with E-state index in [0.717, 1.165) is 5.92 Å². The SMILES string of the molecule is CCCCCCCCCCCCCCCCCCC1CCCCCC1.Oc1cccc(O)c1. The lowest BCUT2D eigenvalue weighted by molar-refractivity contribution is 0.404. The van der Waals surface area contributed by atoms with Gasteiger partial charge in [0.15, 0.2) is 0 Å². The average Bonchev–Trinajstić information content (AvgIpc) is 3.08. The van der Waals surface area contributed by atoms with Gasteiger partial charge < -0.3 is 10.2 Å². The van der Waals surface area contributed by atoms with Crippen LogP contribution in [0.25, 0.3) is 0 Å². The highest BCUT2D eigenvalue weighted by Gasteiger charge is 2.11. The van der Waals surface area contributed by atoms with E-state index in [9.17, 15) is 0 Å². The first kappa shape index (κ1) is 29.9. The maximum atomic E-state index is 8.65. The van der Waals surface area contributed by atoms with Gasteiger partial charge in [0.05, 0.1) is 0 Å². The first-order valence-corrected chi connectivity index (χ1v) is 14.7. The number of phenols is 2. The molecule has 1 aromatic rings. The van der Waals surface area contributed by atoms with E-state index in [-0.39, 0.29) is 11.5 Å². The molecular formula is C31H56O2. The molecule has 2 heteroatoms. The Balaban J connectivity index is 0.000000568. The molecule has 2 rings (SSSR count). The van der Waals surface area contributed by atoms with E-state index in [1.54, 1.807) is 25.3 Å². The molecule has 0 amide bonds. The molecule has 33 heavy (non-hydrogen) atoms. The topological polar surface area (TPSA) is 40.5 Å². The van der Waals surface area contributed by atoms with Crippen LogP contribution < -0.4 is 0 Å². The van der Waals surface area contributed by atoms with E-state index in [4.69, 9.17) is 10.2 Å². The molecule has 0 heterocycles. The van der Waals surface area contributed by atoms with Crippen LogP contribution in [0.15, 0.2) is 24.3 Å². The normalized spacial score (nSPS) is 14.5. The standard InChI is InChI=1S/C25H50.C6H6O2/c1-2-3-4-5-6-7-8-9-10-11-12-13-14-15-16-19-22-25-23-20-17-18-21-24-25;7-5-2-1-3-6(8)4-5/h25H,2-24H2,1H3;1-4,7-8H. The predicted molar refractivity (Wildman–Crippen MR) is 145 cm³/mol. The third-order valence-electron chi connectivity index (χ3n) is 7.27. The minimum Gasteiger partial charge on any atom is -0.508 e. The summed E-state index contributed by atoms with van der Waals surface area (Å²) in [6, 6.07) is 5.85. The van der Waals surface area contributed by atoms with Crippen molar-refractivity contribution in [3.05, 3.63) is 24.3 Å². The summed E-state index contributed by atoms with van der Waals surface area (Å²) in [7, 11) is 0. The molecule has 2 N–H and O–H groups in total. The van der Waals surface area contributed by atoms with Crippen molar-refractivity contribution in [3.8, 4) is 11.5 Å². The molecule has 192 valence electrons. The van der Waals surface area contributed by atoms with Crippen LogP contribution in [0.1, 0.15) is 155 Å². The molecule has 1 fully saturated rings. The van der Waals surface area contributed by atoms with Crippen molar-refractivity contribution in [2.24, 2.45) is 5.92 Å². The maximum absolute atomic E-state index is 8.65. The van der Waals surface area contributed by atoms with Crippen LogP contribution >= 0.6 is 0 Å². The van der Waals surface area contributed by atoms with Crippen LogP contribution in [-0.2, 0) is 0 Å². The molecular weight excluding hydrogens is 404 g/mol. The van der Waals surface area contributed by atoms with E-state index in [1.165, 1.54) is 147 Å². The zero-order valence-electron chi connectivity index (χ0n) is 22.0. The number of rotatable bonds is 17. The van der Waals surface area contributed by atoms with Gasteiger partial charge in [0.2, 0.25) is 0 Å². The Morgan fingerprint density at radius 2 is 0.970 bits per heavy atom. The lowest BCUT2D eigenvalue weighted by Crippen LogP contribution is -1.98. The molecule has 1 aliphatic carbocycles. The van der Waals surface area contributed by atoms with Gasteiger partial charge >= 0.3 is 0 Å². The van der Waals surface area contributed by atoms with E-state index >= 15 is 0 Å². The summed E-state index contributed by atoms with van der Waals surface area (Å²) >= 11 is 0. The van der Waals surface area contributed by atoms with E-state index in [1.807, 2.05) is 0 Å². The molecule has 0 radical (unpaired) electrons. The lowest BCUT2D eigenvalue weighted by atomic mass is 9.93. The van der Waals surface area contributed by atoms with Crippen molar-refractivity contribution in [1.29, 1.82) is 0 Å². The second-order valence-corrected chi connectivity index (χ2v) is 10.5. The number of unbranched alkanes of at least 4 members (excludes halogenated alkanes) is 15. The second-order valence-electron chi connectivity index (χ2n) is 10.5. The summed E-state index contributed by atoms with van der Waals surface area (Å²) in [6.07, 6.45) is 34.4. The molecule has 1 saturated carbocycles. The lowest BCUT2D eigenvalue weighted by Gasteiger charge is -2.13. The monoisotopic (exact) mass is 460 g/mol. The van der Waals surface area contributed by atoms with Gasteiger partial charge in [-0.1, -0.05) is 161 Å². The summed E-state index contributed by atoms with van der Waals surface area (Å²) in [5.41, 5.74) is 0. The molecule has 0 spiro atoms. The molecule has 0 aromatic heterocycles. The smallest absolute Gasteiger partial charge is 0.119 e. The summed E-state index contributed by atoms with van der Waals surface area (Å²) < 4.78 is 0. The quantitative estimate of drug-likeness (QED) is 0.179. The summed E-state index contributed by atoms with van der Waals surface area (Å²) in [4.78, 5) is 0. The van der Waals surface area contributed by atoms with Gasteiger partial charge in [-0.15, -0.1) is 0 Å². The second kappa shape index (κ2) is 22.6. The molecule has 0 bridgehead atoms. The van der Waals surface area contributed by atoms with Crippen molar-refractivity contribution in [2.75, 3.05) is 0 Å². The number of phenolic OH excluding ortho intramolecular Hbond substituents is 2. The van der Waals surface area contributed by atoms with E-state index in [2.05, 4.69) is 6.92 Å². The molecule has 1 aliphatic rings. The highest BCUT2D eigenvalue weighted by atomic mass is 16.3. The van der Waals surface area contributed by atoms with Gasteiger partial charge in [-0.2, -0.15) is 0 Å². The third kappa shape index (κ3) is 20.0. The first-order chi connectivity index (χ1) is 16.2. The number of benzene rings is 1. The Kier molecular flexibility index (Phi) is 20.4. The van der Waals surface area contributed by atoms with Gasteiger partial charge in [0.1, 0.15) is 11.5 Å². The number of hydrogen-bond donors (Lipinski definition) is 2. The van der Waals surface area contributed by atoms with Crippen molar-refractivity contribution >= 4 is 0 Å². The fourth-order valence-electron chi connectivity index (χ4n) is 5.13. The minimum absolute atomic E-state index is 0.0880. The largest absolute Gasteiger partial charge is 0.508 e. The fourth-order valence-corrected chi connectivity index (χ4v) is 5.13. The third-order valence-corrected chi connectivity index (χ3v) is 7.27. The summed E-state index contributed by atoms with van der Waals surface area (Å²) in [5.74, 6) is 1.27. The molecule has 0 atom stereocenters. The van der Waals surface area contributed by atoms with Crippen molar-refractivity contribution in [1.82, 2.24) is 0 Å². The zero-order valence-corrected chi connectivity index (χ0v) is 22.0. The summed E-state index contributed by atoms with van der Waals surface area (Å²) in [5, 5.41) is 17.3. The van der Waals surface area contributed by atoms with Crippen LogP contribution in [0.3, 0.4) is 0 Å². The van der Waals surface area contributed by atoms with E-state index in [0.29, 0.717) is 0 Å². The maximum Gasteiger partial charge on any atom is 0.119 e. The fraction of sp³-hybridized carbons (Fsp3) is 0.806. The molecule has 2 nitrogen and oxygen atoms in total. The Hall–Kier alpha value is -1.18. The van der Waals surface area contributed by atoms with Gasteiger partial charge in [0.25, 0.3) is 0 Å². The van der Waals surface area contributed by atoms with Crippen molar-refractivity contribution < 1.29 is 10.2 Å². The van der Waals surface area contributed by atoms with Crippen LogP contribution in [0.5, 0.6) is 11.5 Å². The van der Waals surface area contributed by atoms with Crippen LogP contribution in [0.4, 0.5) is 0 Å². The van der Waals surface area contributed by atoms with Gasteiger partial charge in [-0.25, -0.2) is 0 Å². The van der Waals surface area contributed by atoms with Gasteiger partial charge in [-0.3, -0.25) is 0 Å². The van der Waals surface area contributed by atoms with Crippen LogP contribution in [-0.4, -0.2) is 10.2 Å². The minimum atomic E-state index is 0.0880. The molecule has 0 unspecified atom stereocenters. The van der Waals surface area contributed by atoms with Crippen LogP contribution in [0, 0.1) is 5.92 Å². The average molecular weight is 461 g/mol. The van der Waals surface area contributed by atoms with Crippen molar-refractivity contribution in [3.63, 3.8) is 0 Å². The Morgan fingerprint density at radius 1 is 0.576 bits per heavy atom. The zero-order chi connectivity index (χ0) is 23.8. The van der Waals surface area contributed by atoms with Crippen molar-refractivity contribution in [2.45, 2.75) is 155 Å². The first-order valence-electron chi connectivity index (χ1n) is 14.7. The molecule has 1 aromatic carbocycles. The number of hydrogen-bond acceptors (Lipinski definition) is 2. The molecule has 0 saturated heterocycles. The van der Waals surface area contributed by atoms with E-state index < -0.39 is 0 Å². The Bertz CT molecular complexity index is 502. The van der Waals surface area contributed by atoms with Gasteiger partial charge in [-0.05, 0) is 18.1 Å². The number of aromatic hydroxyl groups is 2. The van der Waals surface area contributed by atoms with Crippen LogP contribution in [0.2, 0.25) is 0 Å². The summed E-state index contributed by atoms with van der Waals surface area (Å²) in [6.45, 7) is 2.30. The highest BCUT2D eigenvalue weighted by molar-refractivity contribution is 5.30. The highest BCUT2D eigenvalue weighted by Crippen LogP contribution is 2.27. The Morgan fingerprint density at radius 3 is 1.33 bits per heavy atom. The molecule has 0 aliphatic heterocycles. The Labute approximate surface area is 206 Å². The predicted octanol–water partition coefficient (Wildman–Crippen LogP) is 10.7.